The van der Waals surface area contributed by atoms with E-state index in [0.29, 0.717) is 41.3 Å². The van der Waals surface area contributed by atoms with Gasteiger partial charge < -0.3 is 14.5 Å². The van der Waals surface area contributed by atoms with Gasteiger partial charge in [-0.2, -0.15) is 0 Å². The van der Waals surface area contributed by atoms with Gasteiger partial charge in [-0.1, -0.05) is 54.2 Å². The van der Waals surface area contributed by atoms with Crippen LogP contribution < -0.4 is 4.74 Å². The fraction of sp³-hybridized carbons (Fsp3) is 0.233. The summed E-state index contributed by atoms with van der Waals surface area (Å²) in [6.07, 6.45) is 3.49. The van der Waals surface area contributed by atoms with Crippen LogP contribution in [0.3, 0.4) is 0 Å². The maximum absolute atomic E-state index is 13.5. The number of thiazole rings is 1. The van der Waals surface area contributed by atoms with Crippen molar-refractivity contribution in [1.29, 1.82) is 0 Å². The number of methoxy groups -OCH3 is 1. The number of benzene rings is 2. The van der Waals surface area contributed by atoms with Gasteiger partial charge in [0.1, 0.15) is 16.5 Å². The Labute approximate surface area is 247 Å². The summed E-state index contributed by atoms with van der Waals surface area (Å²) in [6.45, 7) is 1.92. The van der Waals surface area contributed by atoms with Gasteiger partial charge in [0.2, 0.25) is 0 Å². The molecule has 0 N–H and O–H groups in total. The van der Waals surface area contributed by atoms with E-state index in [-0.39, 0.29) is 5.91 Å². The summed E-state index contributed by atoms with van der Waals surface area (Å²) >= 11 is 2.99. The summed E-state index contributed by atoms with van der Waals surface area (Å²) in [6, 6.07) is 21.6. The molecule has 1 amide bonds. The molecule has 2 aromatic carbocycles. The van der Waals surface area contributed by atoms with E-state index in [1.807, 2.05) is 95.7 Å². The SMILES string of the molecule is COc1ccccc1-n1c(SCc2nc(C(=O)N(CCN(C)C)Cc3ccccc3)cs2)nnc1-c1cccnc1. The number of aromatic nitrogens is 5. The zero-order chi connectivity index (χ0) is 28.6. The number of ether oxygens (including phenoxy) is 1. The molecule has 0 bridgehead atoms. The highest BCUT2D eigenvalue weighted by Gasteiger charge is 2.22. The Morgan fingerprint density at radius 1 is 1.00 bits per heavy atom. The normalized spacial score (nSPS) is 11.1. The van der Waals surface area contributed by atoms with E-state index >= 15 is 0 Å². The first-order valence-electron chi connectivity index (χ1n) is 13.1. The Balaban J connectivity index is 1.37. The minimum atomic E-state index is -0.0701. The third-order valence-corrected chi connectivity index (χ3v) is 8.27. The Kier molecular flexibility index (Phi) is 9.40. The monoisotopic (exact) mass is 585 g/mol. The maximum atomic E-state index is 13.5. The Hall–Kier alpha value is -4.06. The highest BCUT2D eigenvalue weighted by Crippen LogP contribution is 2.33. The van der Waals surface area contributed by atoms with E-state index in [2.05, 4.69) is 20.1 Å². The molecule has 0 saturated carbocycles. The van der Waals surface area contributed by atoms with Gasteiger partial charge in [-0.15, -0.1) is 21.5 Å². The number of rotatable bonds is 12. The predicted molar refractivity (Wildman–Crippen MR) is 163 cm³/mol. The minimum Gasteiger partial charge on any atom is -0.495 e. The average Bonchev–Trinajstić information content (AvgIpc) is 3.66. The lowest BCUT2D eigenvalue weighted by Gasteiger charge is -2.24. The van der Waals surface area contributed by atoms with Crippen molar-refractivity contribution >= 4 is 29.0 Å². The number of carbonyl (C=O) groups is 1. The van der Waals surface area contributed by atoms with Crippen molar-refractivity contribution in [2.24, 2.45) is 0 Å². The van der Waals surface area contributed by atoms with Crippen LogP contribution in [-0.2, 0) is 12.3 Å². The van der Waals surface area contributed by atoms with Gasteiger partial charge in [-0.05, 0) is 43.9 Å². The largest absolute Gasteiger partial charge is 0.495 e. The number of amides is 1. The topological polar surface area (TPSA) is 89.3 Å². The van der Waals surface area contributed by atoms with Gasteiger partial charge >= 0.3 is 0 Å². The molecule has 5 aromatic rings. The lowest BCUT2D eigenvalue weighted by Crippen LogP contribution is -2.36. The van der Waals surface area contributed by atoms with Crippen LogP contribution in [0.15, 0.2) is 89.7 Å². The molecule has 9 nitrogen and oxygen atoms in total. The number of thioether (sulfide) groups is 1. The quantitative estimate of drug-likeness (QED) is 0.183. The third kappa shape index (κ3) is 6.99. The van der Waals surface area contributed by atoms with Crippen LogP contribution >= 0.6 is 23.1 Å². The van der Waals surface area contributed by atoms with Crippen LogP contribution in [0.25, 0.3) is 17.1 Å². The van der Waals surface area contributed by atoms with E-state index in [1.165, 1.54) is 23.1 Å². The lowest BCUT2D eigenvalue weighted by molar-refractivity contribution is 0.0726. The van der Waals surface area contributed by atoms with Gasteiger partial charge in [0.15, 0.2) is 11.0 Å². The van der Waals surface area contributed by atoms with Crippen molar-refractivity contribution < 1.29 is 9.53 Å². The van der Waals surface area contributed by atoms with Crippen LogP contribution in [0.2, 0.25) is 0 Å². The Morgan fingerprint density at radius 2 is 1.80 bits per heavy atom. The number of hydrogen-bond donors (Lipinski definition) is 0. The molecule has 41 heavy (non-hydrogen) atoms. The molecule has 0 saturated heterocycles. The molecule has 0 aliphatic carbocycles. The van der Waals surface area contributed by atoms with Gasteiger partial charge in [0, 0.05) is 43.0 Å². The van der Waals surface area contributed by atoms with Gasteiger partial charge in [-0.3, -0.25) is 14.3 Å². The van der Waals surface area contributed by atoms with Crippen molar-refractivity contribution in [3.8, 4) is 22.8 Å². The molecule has 0 spiro atoms. The van der Waals surface area contributed by atoms with Crippen molar-refractivity contribution in [1.82, 2.24) is 34.5 Å². The van der Waals surface area contributed by atoms with E-state index in [4.69, 9.17) is 9.72 Å². The Bertz CT molecular complexity index is 1570. The highest BCUT2D eigenvalue weighted by molar-refractivity contribution is 7.98. The number of nitrogens with zero attached hydrogens (tertiary/aromatic N) is 7. The zero-order valence-electron chi connectivity index (χ0n) is 23.2. The van der Waals surface area contributed by atoms with Crippen molar-refractivity contribution in [3.63, 3.8) is 0 Å². The molecule has 210 valence electrons. The van der Waals surface area contributed by atoms with E-state index in [0.717, 1.165) is 28.4 Å². The third-order valence-electron chi connectivity index (χ3n) is 6.30. The molecule has 5 rings (SSSR count). The molecule has 11 heteroatoms. The molecule has 3 heterocycles. The standard InChI is InChI=1S/C30H31N7O2S2/c1-35(2)16-17-36(19-22-10-5-4-6-11-22)29(38)24-20-40-27(32-24)21-41-30-34-33-28(23-12-9-15-31-18-23)37(30)25-13-7-8-14-26(25)39-3/h4-15,18,20H,16-17,19,21H2,1-3H3. The summed E-state index contributed by atoms with van der Waals surface area (Å²) < 4.78 is 7.63. The van der Waals surface area contributed by atoms with Crippen LogP contribution in [0.5, 0.6) is 5.75 Å². The zero-order valence-corrected chi connectivity index (χ0v) is 24.8. The van der Waals surface area contributed by atoms with Gasteiger partial charge in [0.05, 0.1) is 18.6 Å². The molecule has 0 unspecified atom stereocenters. The number of likely N-dealkylation sites (N-methyl/N-ethyl adjacent to an activating group) is 1. The number of pyridine rings is 1. The summed E-state index contributed by atoms with van der Waals surface area (Å²) in [4.78, 5) is 26.4. The van der Waals surface area contributed by atoms with E-state index < -0.39 is 0 Å². The van der Waals surface area contributed by atoms with Crippen LogP contribution in [0.1, 0.15) is 21.1 Å². The van der Waals surface area contributed by atoms with Gasteiger partial charge in [0.25, 0.3) is 5.91 Å². The summed E-state index contributed by atoms with van der Waals surface area (Å²) in [5.41, 5.74) is 3.22. The first-order chi connectivity index (χ1) is 20.0. The van der Waals surface area contributed by atoms with Crippen LogP contribution in [0, 0.1) is 0 Å². The first-order valence-corrected chi connectivity index (χ1v) is 14.9. The molecule has 0 aliphatic heterocycles. The second-order valence-corrected chi connectivity index (χ2v) is 11.4. The second-order valence-electron chi connectivity index (χ2n) is 9.49. The summed E-state index contributed by atoms with van der Waals surface area (Å²) in [7, 11) is 5.66. The molecule has 3 aromatic heterocycles. The maximum Gasteiger partial charge on any atom is 0.273 e. The van der Waals surface area contributed by atoms with Crippen molar-refractivity contribution in [3.05, 3.63) is 101 Å². The molecule has 0 aliphatic rings. The predicted octanol–water partition coefficient (Wildman–Crippen LogP) is 5.29. The lowest BCUT2D eigenvalue weighted by atomic mass is 10.2. The van der Waals surface area contributed by atoms with Gasteiger partial charge in [-0.25, -0.2) is 4.98 Å². The molecular weight excluding hydrogens is 555 g/mol. The molecule has 0 radical (unpaired) electrons. The van der Waals surface area contributed by atoms with Crippen LogP contribution in [0.4, 0.5) is 0 Å². The molecule has 0 fully saturated rings. The molecule has 0 atom stereocenters. The highest BCUT2D eigenvalue weighted by atomic mass is 32.2. The number of para-hydroxylation sites is 2. The summed E-state index contributed by atoms with van der Waals surface area (Å²) in [5.74, 6) is 1.84. The van der Waals surface area contributed by atoms with Crippen LogP contribution in [-0.4, -0.2) is 74.7 Å². The first kappa shape index (κ1) is 28.5. The number of hydrogen-bond acceptors (Lipinski definition) is 9. The molecular formula is C30H31N7O2S2. The summed E-state index contributed by atoms with van der Waals surface area (Å²) in [5, 5.41) is 12.4. The Morgan fingerprint density at radius 3 is 2.56 bits per heavy atom. The van der Waals surface area contributed by atoms with Crippen molar-refractivity contribution in [2.45, 2.75) is 17.5 Å². The van der Waals surface area contributed by atoms with E-state index in [1.54, 1.807) is 19.5 Å². The minimum absolute atomic E-state index is 0.0701. The second kappa shape index (κ2) is 13.5. The number of carbonyl (C=O) groups excluding carboxylic acids is 1. The van der Waals surface area contributed by atoms with Crippen molar-refractivity contribution in [2.75, 3.05) is 34.3 Å². The smallest absolute Gasteiger partial charge is 0.273 e. The average molecular weight is 586 g/mol. The van der Waals surface area contributed by atoms with E-state index in [9.17, 15) is 4.79 Å². The fourth-order valence-corrected chi connectivity index (χ4v) is 5.95. The fourth-order valence-electron chi connectivity index (χ4n) is 4.22.